The lowest BCUT2D eigenvalue weighted by molar-refractivity contribution is 0.274. The number of aliphatic imine (C=N–C) groups is 1. The van der Waals surface area contributed by atoms with Crippen molar-refractivity contribution in [2.24, 2.45) is 16.3 Å². The minimum Gasteiger partial charge on any atom is -0.478 e. The molecule has 0 aromatic rings. The van der Waals surface area contributed by atoms with E-state index in [1.807, 2.05) is 0 Å². The second-order valence-electron chi connectivity index (χ2n) is 4.91. The highest BCUT2D eigenvalue weighted by atomic mass is 16.5. The number of rotatable bonds is 1. The van der Waals surface area contributed by atoms with Crippen LogP contribution in [0.5, 0.6) is 0 Å². The molecule has 0 unspecified atom stereocenters. The summed E-state index contributed by atoms with van der Waals surface area (Å²) in [5.74, 6) is 1.34. The third-order valence-corrected chi connectivity index (χ3v) is 2.54. The summed E-state index contributed by atoms with van der Waals surface area (Å²) < 4.78 is 5.62. The van der Waals surface area contributed by atoms with Gasteiger partial charge in [0, 0.05) is 11.3 Å². The second-order valence-corrected chi connectivity index (χ2v) is 4.91. The first kappa shape index (κ1) is 9.50. The summed E-state index contributed by atoms with van der Waals surface area (Å²) in [5, 5.41) is 0. The molecule has 2 rings (SSSR count). The fourth-order valence-electron chi connectivity index (χ4n) is 1.70. The first-order valence-corrected chi connectivity index (χ1v) is 5.13. The highest BCUT2D eigenvalue weighted by Gasteiger charge is 2.31. The standard InChI is InChI=1S/C12H17NO/c1-12(2,3)11-13-10(8-14-11)9-6-4-5-7-9/h4-7,9-10H,8H2,1-3H3/t10-/m0/s1. The summed E-state index contributed by atoms with van der Waals surface area (Å²) in [4.78, 5) is 4.63. The van der Waals surface area contributed by atoms with Gasteiger partial charge in [0.05, 0.1) is 6.04 Å². The molecule has 0 aromatic carbocycles. The monoisotopic (exact) mass is 191 g/mol. The van der Waals surface area contributed by atoms with Gasteiger partial charge in [-0.3, -0.25) is 0 Å². The van der Waals surface area contributed by atoms with Gasteiger partial charge in [0.15, 0.2) is 5.90 Å². The molecular weight excluding hydrogens is 174 g/mol. The molecule has 0 amide bonds. The van der Waals surface area contributed by atoms with Crippen LogP contribution in [0, 0.1) is 11.3 Å². The van der Waals surface area contributed by atoms with Gasteiger partial charge in [-0.05, 0) is 0 Å². The first-order valence-electron chi connectivity index (χ1n) is 5.13. The zero-order chi connectivity index (χ0) is 10.2. The first-order chi connectivity index (χ1) is 6.57. The van der Waals surface area contributed by atoms with E-state index < -0.39 is 0 Å². The predicted octanol–water partition coefficient (Wildman–Crippen LogP) is 2.57. The quantitative estimate of drug-likeness (QED) is 0.624. The summed E-state index contributed by atoms with van der Waals surface area (Å²) in [5.41, 5.74) is 0.0424. The van der Waals surface area contributed by atoms with Crippen molar-refractivity contribution >= 4 is 5.90 Å². The largest absolute Gasteiger partial charge is 0.478 e. The molecular formula is C12H17NO. The van der Waals surface area contributed by atoms with Crippen LogP contribution in [0.3, 0.4) is 0 Å². The smallest absolute Gasteiger partial charge is 0.189 e. The topological polar surface area (TPSA) is 21.6 Å². The van der Waals surface area contributed by atoms with Gasteiger partial charge in [-0.1, -0.05) is 45.1 Å². The van der Waals surface area contributed by atoms with Crippen LogP contribution in [0.2, 0.25) is 0 Å². The third-order valence-electron chi connectivity index (χ3n) is 2.54. The lowest BCUT2D eigenvalue weighted by atomic mass is 9.96. The van der Waals surface area contributed by atoms with Crippen LogP contribution >= 0.6 is 0 Å². The zero-order valence-corrected chi connectivity index (χ0v) is 9.03. The van der Waals surface area contributed by atoms with Crippen LogP contribution in [-0.2, 0) is 4.74 Å². The van der Waals surface area contributed by atoms with Gasteiger partial charge in [-0.25, -0.2) is 4.99 Å². The van der Waals surface area contributed by atoms with Crippen LogP contribution in [0.4, 0.5) is 0 Å². The maximum atomic E-state index is 5.62. The SMILES string of the molecule is CC(C)(C)C1=N[C@H](C2C=CC=C2)CO1. The Kier molecular flexibility index (Phi) is 2.22. The Balaban J connectivity index is 2.09. The van der Waals surface area contributed by atoms with E-state index in [-0.39, 0.29) is 5.41 Å². The summed E-state index contributed by atoms with van der Waals surface area (Å²) in [6, 6.07) is 0.291. The molecule has 14 heavy (non-hydrogen) atoms. The third kappa shape index (κ3) is 1.74. The van der Waals surface area contributed by atoms with E-state index in [2.05, 4.69) is 50.1 Å². The molecule has 1 heterocycles. The predicted molar refractivity (Wildman–Crippen MR) is 58.4 cm³/mol. The molecule has 0 aromatic heterocycles. The molecule has 2 heteroatoms. The molecule has 1 atom stereocenters. The van der Waals surface area contributed by atoms with Gasteiger partial charge in [-0.2, -0.15) is 0 Å². The van der Waals surface area contributed by atoms with Crippen molar-refractivity contribution < 1.29 is 4.74 Å². The normalized spacial score (nSPS) is 26.8. The van der Waals surface area contributed by atoms with Crippen LogP contribution in [0.15, 0.2) is 29.3 Å². The Morgan fingerprint density at radius 1 is 1.29 bits per heavy atom. The Morgan fingerprint density at radius 2 is 1.93 bits per heavy atom. The van der Waals surface area contributed by atoms with E-state index in [1.165, 1.54) is 0 Å². The molecule has 0 spiro atoms. The van der Waals surface area contributed by atoms with Gasteiger partial charge in [0.25, 0.3) is 0 Å². The second kappa shape index (κ2) is 3.26. The number of allylic oxidation sites excluding steroid dienone is 2. The van der Waals surface area contributed by atoms with Crippen molar-refractivity contribution in [2.75, 3.05) is 6.61 Å². The van der Waals surface area contributed by atoms with Crippen molar-refractivity contribution in [1.82, 2.24) is 0 Å². The number of hydrogen-bond acceptors (Lipinski definition) is 2. The summed E-state index contributed by atoms with van der Waals surface area (Å²) in [7, 11) is 0. The number of nitrogens with zero attached hydrogens (tertiary/aromatic N) is 1. The summed E-state index contributed by atoms with van der Waals surface area (Å²) >= 11 is 0. The van der Waals surface area contributed by atoms with Crippen molar-refractivity contribution in [3.63, 3.8) is 0 Å². The van der Waals surface area contributed by atoms with E-state index in [0.717, 1.165) is 12.5 Å². The minimum absolute atomic E-state index is 0.0424. The highest BCUT2D eigenvalue weighted by molar-refractivity contribution is 5.83. The van der Waals surface area contributed by atoms with Gasteiger partial charge in [-0.15, -0.1) is 0 Å². The van der Waals surface area contributed by atoms with E-state index in [4.69, 9.17) is 4.74 Å². The lowest BCUT2D eigenvalue weighted by Crippen LogP contribution is -2.20. The van der Waals surface area contributed by atoms with Crippen LogP contribution < -0.4 is 0 Å². The van der Waals surface area contributed by atoms with Gasteiger partial charge in [0.1, 0.15) is 6.61 Å². The molecule has 1 aliphatic carbocycles. The van der Waals surface area contributed by atoms with Gasteiger partial charge in [0.2, 0.25) is 0 Å². The van der Waals surface area contributed by atoms with Crippen molar-refractivity contribution in [1.29, 1.82) is 0 Å². The molecule has 1 aliphatic heterocycles. The molecule has 2 aliphatic rings. The Bertz CT molecular complexity index is 295. The van der Waals surface area contributed by atoms with E-state index >= 15 is 0 Å². The summed E-state index contributed by atoms with van der Waals surface area (Å²) in [6.45, 7) is 7.13. The molecule has 0 N–H and O–H groups in total. The maximum Gasteiger partial charge on any atom is 0.189 e. The fraction of sp³-hybridized carbons (Fsp3) is 0.583. The van der Waals surface area contributed by atoms with Crippen LogP contribution in [0.1, 0.15) is 20.8 Å². The molecule has 0 radical (unpaired) electrons. The zero-order valence-electron chi connectivity index (χ0n) is 9.03. The Labute approximate surface area is 85.4 Å². The molecule has 0 saturated heterocycles. The van der Waals surface area contributed by atoms with Crippen molar-refractivity contribution in [3.8, 4) is 0 Å². The average Bonchev–Trinajstić information content (AvgIpc) is 2.73. The average molecular weight is 191 g/mol. The van der Waals surface area contributed by atoms with Gasteiger partial charge < -0.3 is 4.74 Å². The van der Waals surface area contributed by atoms with Crippen LogP contribution in [-0.4, -0.2) is 18.5 Å². The van der Waals surface area contributed by atoms with Crippen molar-refractivity contribution in [2.45, 2.75) is 26.8 Å². The maximum absolute atomic E-state index is 5.62. The molecule has 0 saturated carbocycles. The number of hydrogen-bond donors (Lipinski definition) is 0. The molecule has 0 bridgehead atoms. The highest BCUT2D eigenvalue weighted by Crippen LogP contribution is 2.27. The molecule has 76 valence electrons. The fourth-order valence-corrected chi connectivity index (χ4v) is 1.70. The Morgan fingerprint density at radius 3 is 2.43 bits per heavy atom. The van der Waals surface area contributed by atoms with Crippen LogP contribution in [0.25, 0.3) is 0 Å². The number of ether oxygens (including phenoxy) is 1. The lowest BCUT2D eigenvalue weighted by Gasteiger charge is -2.16. The molecule has 2 nitrogen and oxygen atoms in total. The minimum atomic E-state index is 0.0424. The summed E-state index contributed by atoms with van der Waals surface area (Å²) in [6.07, 6.45) is 8.52. The molecule has 0 fully saturated rings. The van der Waals surface area contributed by atoms with E-state index in [0.29, 0.717) is 12.0 Å². The van der Waals surface area contributed by atoms with Gasteiger partial charge >= 0.3 is 0 Å². The van der Waals surface area contributed by atoms with E-state index in [9.17, 15) is 0 Å². The van der Waals surface area contributed by atoms with Crippen molar-refractivity contribution in [3.05, 3.63) is 24.3 Å². The Hall–Kier alpha value is -1.05. The van der Waals surface area contributed by atoms with E-state index in [1.54, 1.807) is 0 Å².